The van der Waals surface area contributed by atoms with Crippen LogP contribution in [0.1, 0.15) is 5.76 Å². The standard InChI is InChI=1S/C14H16N2O5/c1-9-4-14(16-21-9)20-8-13(17)15-10-5-11(18-2)7-12(6-10)19-3/h4-7H,8H2,1-3H3,(H,15,17). The van der Waals surface area contributed by atoms with E-state index in [0.29, 0.717) is 22.9 Å². The minimum Gasteiger partial charge on any atom is -0.497 e. The molecule has 0 saturated heterocycles. The molecule has 7 nitrogen and oxygen atoms in total. The number of aryl methyl sites for hydroxylation is 1. The molecular formula is C14H16N2O5. The van der Waals surface area contributed by atoms with Crippen LogP contribution in [0.5, 0.6) is 17.4 Å². The van der Waals surface area contributed by atoms with Crippen molar-refractivity contribution in [2.24, 2.45) is 0 Å². The Morgan fingerprint density at radius 2 is 1.86 bits per heavy atom. The fourth-order valence-electron chi connectivity index (χ4n) is 1.63. The van der Waals surface area contributed by atoms with Gasteiger partial charge in [-0.05, 0) is 12.1 Å². The number of carbonyl (C=O) groups excluding carboxylic acids is 1. The number of hydrogen-bond donors (Lipinski definition) is 1. The van der Waals surface area contributed by atoms with Crippen LogP contribution in [0.4, 0.5) is 5.69 Å². The number of nitrogens with one attached hydrogen (secondary N) is 1. The van der Waals surface area contributed by atoms with E-state index in [4.69, 9.17) is 18.7 Å². The summed E-state index contributed by atoms with van der Waals surface area (Å²) in [6.45, 7) is 1.56. The topological polar surface area (TPSA) is 82.8 Å². The third-order valence-corrected chi connectivity index (χ3v) is 2.59. The van der Waals surface area contributed by atoms with Crippen LogP contribution in [0, 0.1) is 6.92 Å². The normalized spacial score (nSPS) is 10.0. The van der Waals surface area contributed by atoms with E-state index in [1.54, 1.807) is 31.2 Å². The second-order valence-corrected chi connectivity index (χ2v) is 4.21. The molecule has 1 amide bonds. The van der Waals surface area contributed by atoms with E-state index < -0.39 is 0 Å². The lowest BCUT2D eigenvalue weighted by Crippen LogP contribution is -2.20. The first-order chi connectivity index (χ1) is 10.1. The van der Waals surface area contributed by atoms with Crippen molar-refractivity contribution in [2.75, 3.05) is 26.1 Å². The van der Waals surface area contributed by atoms with Gasteiger partial charge in [-0.15, -0.1) is 0 Å². The third kappa shape index (κ3) is 4.13. The minimum absolute atomic E-state index is 0.175. The largest absolute Gasteiger partial charge is 0.497 e. The number of aromatic nitrogens is 1. The van der Waals surface area contributed by atoms with Crippen LogP contribution in [-0.4, -0.2) is 31.9 Å². The Labute approximate surface area is 121 Å². The molecule has 0 atom stereocenters. The Morgan fingerprint density at radius 1 is 1.19 bits per heavy atom. The molecule has 1 aromatic heterocycles. The van der Waals surface area contributed by atoms with E-state index >= 15 is 0 Å². The van der Waals surface area contributed by atoms with E-state index in [9.17, 15) is 4.79 Å². The number of nitrogens with zero attached hydrogens (tertiary/aromatic N) is 1. The molecule has 0 aliphatic rings. The molecule has 0 fully saturated rings. The van der Waals surface area contributed by atoms with Crippen LogP contribution in [0.15, 0.2) is 28.8 Å². The zero-order valence-electron chi connectivity index (χ0n) is 12.0. The maximum absolute atomic E-state index is 11.8. The fourth-order valence-corrected chi connectivity index (χ4v) is 1.63. The Bertz CT molecular complexity index is 601. The molecule has 0 aliphatic carbocycles. The van der Waals surface area contributed by atoms with Crippen LogP contribution < -0.4 is 19.5 Å². The number of hydrogen-bond acceptors (Lipinski definition) is 6. The maximum atomic E-state index is 11.8. The van der Waals surface area contributed by atoms with Gasteiger partial charge in [0, 0.05) is 30.0 Å². The number of anilines is 1. The van der Waals surface area contributed by atoms with E-state index in [1.807, 2.05) is 0 Å². The van der Waals surface area contributed by atoms with Gasteiger partial charge in [0.1, 0.15) is 17.3 Å². The Kier molecular flexibility index (Phi) is 4.65. The summed E-state index contributed by atoms with van der Waals surface area (Å²) in [6, 6.07) is 6.67. The summed E-state index contributed by atoms with van der Waals surface area (Å²) in [7, 11) is 3.08. The zero-order valence-corrected chi connectivity index (χ0v) is 12.0. The lowest BCUT2D eigenvalue weighted by molar-refractivity contribution is -0.118. The van der Waals surface area contributed by atoms with Crippen LogP contribution in [-0.2, 0) is 4.79 Å². The molecule has 0 radical (unpaired) electrons. The van der Waals surface area contributed by atoms with Crippen molar-refractivity contribution < 1.29 is 23.5 Å². The van der Waals surface area contributed by atoms with Gasteiger partial charge in [-0.25, -0.2) is 0 Å². The highest BCUT2D eigenvalue weighted by Crippen LogP contribution is 2.25. The van der Waals surface area contributed by atoms with E-state index in [2.05, 4.69) is 10.5 Å². The molecule has 0 aliphatic heterocycles. The van der Waals surface area contributed by atoms with Gasteiger partial charge in [-0.2, -0.15) is 0 Å². The summed E-state index contributed by atoms with van der Waals surface area (Å²) >= 11 is 0. The number of benzene rings is 1. The molecule has 0 bridgehead atoms. The van der Waals surface area contributed by atoms with Crippen molar-refractivity contribution >= 4 is 11.6 Å². The molecule has 0 unspecified atom stereocenters. The lowest BCUT2D eigenvalue weighted by atomic mass is 10.2. The summed E-state index contributed by atoms with van der Waals surface area (Å²) < 4.78 is 20.3. The molecule has 0 saturated carbocycles. The molecule has 1 aromatic carbocycles. The molecule has 112 valence electrons. The highest BCUT2D eigenvalue weighted by atomic mass is 16.5. The van der Waals surface area contributed by atoms with Crippen LogP contribution in [0.2, 0.25) is 0 Å². The summed E-state index contributed by atoms with van der Waals surface area (Å²) in [5.41, 5.74) is 0.552. The van der Waals surface area contributed by atoms with Crippen molar-refractivity contribution in [3.05, 3.63) is 30.0 Å². The molecule has 21 heavy (non-hydrogen) atoms. The number of ether oxygens (including phenoxy) is 3. The molecule has 0 spiro atoms. The summed E-state index contributed by atoms with van der Waals surface area (Å²) in [5, 5.41) is 6.32. The second kappa shape index (κ2) is 6.65. The van der Waals surface area contributed by atoms with Crippen molar-refractivity contribution in [2.45, 2.75) is 6.92 Å². The quantitative estimate of drug-likeness (QED) is 0.877. The smallest absolute Gasteiger partial charge is 0.262 e. The first kappa shape index (κ1) is 14.7. The summed E-state index contributed by atoms with van der Waals surface area (Å²) in [6.07, 6.45) is 0. The number of amides is 1. The highest BCUT2D eigenvalue weighted by Gasteiger charge is 2.08. The molecule has 1 N–H and O–H groups in total. The van der Waals surface area contributed by atoms with Crippen LogP contribution >= 0.6 is 0 Å². The molecule has 7 heteroatoms. The Hall–Kier alpha value is -2.70. The zero-order chi connectivity index (χ0) is 15.2. The average molecular weight is 292 g/mol. The van der Waals surface area contributed by atoms with Gasteiger partial charge in [0.05, 0.1) is 14.2 Å². The predicted molar refractivity (Wildman–Crippen MR) is 74.9 cm³/mol. The number of rotatable bonds is 6. The highest BCUT2D eigenvalue weighted by molar-refractivity contribution is 5.92. The van der Waals surface area contributed by atoms with E-state index in [0.717, 1.165) is 0 Å². The second-order valence-electron chi connectivity index (χ2n) is 4.21. The average Bonchev–Trinajstić information content (AvgIpc) is 2.90. The molecule has 2 rings (SSSR count). The van der Waals surface area contributed by atoms with Crippen LogP contribution in [0.25, 0.3) is 0 Å². The maximum Gasteiger partial charge on any atom is 0.262 e. The number of carbonyl (C=O) groups is 1. The Morgan fingerprint density at radius 3 is 2.38 bits per heavy atom. The minimum atomic E-state index is -0.328. The fraction of sp³-hybridized carbons (Fsp3) is 0.286. The Balaban J connectivity index is 1.95. The van der Waals surface area contributed by atoms with Gasteiger partial charge in [-0.3, -0.25) is 4.79 Å². The summed E-state index contributed by atoms with van der Waals surface area (Å²) in [5.74, 6) is 1.72. The predicted octanol–water partition coefficient (Wildman–Crippen LogP) is 2.02. The SMILES string of the molecule is COc1cc(NC(=O)COc2cc(C)on2)cc(OC)c1. The first-order valence-corrected chi connectivity index (χ1v) is 6.19. The first-order valence-electron chi connectivity index (χ1n) is 6.19. The van der Waals surface area contributed by atoms with Crippen molar-refractivity contribution in [3.8, 4) is 17.4 Å². The van der Waals surface area contributed by atoms with Gasteiger partial charge in [0.15, 0.2) is 6.61 Å². The molecule has 2 aromatic rings. The van der Waals surface area contributed by atoms with Crippen molar-refractivity contribution in [3.63, 3.8) is 0 Å². The van der Waals surface area contributed by atoms with Gasteiger partial charge in [-0.1, -0.05) is 0 Å². The molecular weight excluding hydrogens is 276 g/mol. The van der Waals surface area contributed by atoms with E-state index in [1.165, 1.54) is 14.2 Å². The third-order valence-electron chi connectivity index (χ3n) is 2.59. The number of methoxy groups -OCH3 is 2. The van der Waals surface area contributed by atoms with E-state index in [-0.39, 0.29) is 18.4 Å². The van der Waals surface area contributed by atoms with Gasteiger partial charge >= 0.3 is 0 Å². The van der Waals surface area contributed by atoms with Crippen molar-refractivity contribution in [1.82, 2.24) is 5.16 Å². The summed E-state index contributed by atoms with van der Waals surface area (Å²) in [4.78, 5) is 11.8. The lowest BCUT2D eigenvalue weighted by Gasteiger charge is -2.09. The monoisotopic (exact) mass is 292 g/mol. The van der Waals surface area contributed by atoms with Gasteiger partial charge < -0.3 is 24.1 Å². The van der Waals surface area contributed by atoms with Crippen molar-refractivity contribution in [1.29, 1.82) is 0 Å². The van der Waals surface area contributed by atoms with Crippen LogP contribution in [0.3, 0.4) is 0 Å². The van der Waals surface area contributed by atoms with Gasteiger partial charge in [0.2, 0.25) is 0 Å². The molecule has 1 heterocycles. The van der Waals surface area contributed by atoms with Gasteiger partial charge in [0.25, 0.3) is 11.8 Å².